The van der Waals surface area contributed by atoms with Crippen molar-refractivity contribution in [1.82, 2.24) is 19.9 Å². The number of morpholine rings is 1. The average molecular weight is 341 g/mol. The summed E-state index contributed by atoms with van der Waals surface area (Å²) in [6.07, 6.45) is 2.67. The van der Waals surface area contributed by atoms with Crippen LogP contribution in [-0.2, 0) is 4.74 Å². The second kappa shape index (κ2) is 7.25. The van der Waals surface area contributed by atoms with E-state index in [0.717, 1.165) is 79.3 Å². The first-order valence-corrected chi connectivity index (χ1v) is 8.70. The van der Waals surface area contributed by atoms with Crippen molar-refractivity contribution in [1.29, 1.82) is 0 Å². The number of rotatable bonds is 6. The molecule has 1 aromatic carbocycles. The number of hydrogen-bond acceptors (Lipinski definition) is 6. The Morgan fingerprint density at radius 2 is 2.16 bits per heavy atom. The highest BCUT2D eigenvalue weighted by molar-refractivity contribution is 6.10. The highest BCUT2D eigenvalue weighted by atomic mass is 16.5. The van der Waals surface area contributed by atoms with Crippen LogP contribution in [0.3, 0.4) is 0 Å². The number of fused-ring (bicyclic) bond motifs is 3. The first-order valence-electron chi connectivity index (χ1n) is 8.70. The third-order valence-electron chi connectivity index (χ3n) is 4.64. The molecule has 25 heavy (non-hydrogen) atoms. The zero-order chi connectivity index (χ0) is 17.1. The molecule has 1 fully saturated rings. The van der Waals surface area contributed by atoms with Gasteiger partial charge in [-0.25, -0.2) is 9.97 Å². The molecule has 0 bridgehead atoms. The molecule has 0 amide bonds. The number of aromatic nitrogens is 3. The smallest absolute Gasteiger partial charge is 0.153 e. The molecule has 2 N–H and O–H groups in total. The molecule has 3 aromatic rings. The highest BCUT2D eigenvalue weighted by Gasteiger charge is 2.14. The minimum absolute atomic E-state index is 0.820. The Morgan fingerprint density at radius 3 is 3.00 bits per heavy atom. The molecule has 7 nitrogen and oxygen atoms in total. The number of methoxy groups -OCH3 is 1. The molecule has 0 atom stereocenters. The van der Waals surface area contributed by atoms with Crippen molar-refractivity contribution in [3.63, 3.8) is 0 Å². The number of ether oxygens (including phenoxy) is 2. The summed E-state index contributed by atoms with van der Waals surface area (Å²) in [5, 5.41) is 4.44. The van der Waals surface area contributed by atoms with Crippen LogP contribution < -0.4 is 10.1 Å². The van der Waals surface area contributed by atoms with Gasteiger partial charge in [0.15, 0.2) is 5.82 Å². The van der Waals surface area contributed by atoms with Gasteiger partial charge < -0.3 is 19.8 Å². The highest BCUT2D eigenvalue weighted by Crippen LogP contribution is 2.33. The molecule has 132 valence electrons. The predicted octanol–water partition coefficient (Wildman–Crippen LogP) is 2.25. The average Bonchev–Trinajstić information content (AvgIpc) is 3.05. The van der Waals surface area contributed by atoms with Crippen molar-refractivity contribution in [2.24, 2.45) is 0 Å². The first-order chi connectivity index (χ1) is 12.4. The lowest BCUT2D eigenvalue weighted by Gasteiger charge is -2.26. The van der Waals surface area contributed by atoms with E-state index in [0.29, 0.717) is 0 Å². The first kappa shape index (κ1) is 16.1. The van der Waals surface area contributed by atoms with Gasteiger partial charge in [-0.3, -0.25) is 4.90 Å². The molecular weight excluding hydrogens is 318 g/mol. The fourth-order valence-corrected chi connectivity index (χ4v) is 3.35. The zero-order valence-corrected chi connectivity index (χ0v) is 14.4. The monoisotopic (exact) mass is 341 g/mol. The van der Waals surface area contributed by atoms with E-state index in [1.54, 1.807) is 13.4 Å². The Kier molecular flexibility index (Phi) is 4.67. The topological polar surface area (TPSA) is 75.3 Å². The summed E-state index contributed by atoms with van der Waals surface area (Å²) in [5.74, 6) is 1.66. The Bertz CT molecular complexity index is 857. The Hall–Kier alpha value is -2.38. The number of benzene rings is 1. The van der Waals surface area contributed by atoms with E-state index in [-0.39, 0.29) is 0 Å². The van der Waals surface area contributed by atoms with Crippen molar-refractivity contribution in [3.8, 4) is 5.75 Å². The molecule has 0 unspecified atom stereocenters. The van der Waals surface area contributed by atoms with E-state index >= 15 is 0 Å². The Labute approximate surface area is 146 Å². The van der Waals surface area contributed by atoms with Gasteiger partial charge in [0.1, 0.15) is 23.1 Å². The normalized spacial score (nSPS) is 15.7. The molecule has 0 radical (unpaired) electrons. The molecule has 0 aliphatic carbocycles. The van der Waals surface area contributed by atoms with E-state index in [1.165, 1.54) is 0 Å². The number of nitrogens with zero attached hydrogens (tertiary/aromatic N) is 3. The van der Waals surface area contributed by atoms with Gasteiger partial charge in [0.25, 0.3) is 0 Å². The van der Waals surface area contributed by atoms with Gasteiger partial charge in [-0.05, 0) is 25.1 Å². The van der Waals surface area contributed by atoms with Crippen molar-refractivity contribution < 1.29 is 9.47 Å². The summed E-state index contributed by atoms with van der Waals surface area (Å²) in [4.78, 5) is 14.7. The van der Waals surface area contributed by atoms with Crippen molar-refractivity contribution in [2.75, 3.05) is 51.8 Å². The summed E-state index contributed by atoms with van der Waals surface area (Å²) < 4.78 is 10.9. The molecule has 1 aliphatic heterocycles. The standard InChI is InChI=1S/C18H23N5O2/c1-24-14-5-2-4-13-15(14)16-17(22-13)18(21-12-20-16)19-6-3-7-23-8-10-25-11-9-23/h2,4-5,12,22H,3,6-11H2,1H3,(H,19,20,21). The van der Waals surface area contributed by atoms with Gasteiger partial charge in [0.2, 0.25) is 0 Å². The molecule has 1 aliphatic rings. The van der Waals surface area contributed by atoms with E-state index in [2.05, 4.69) is 25.2 Å². The molecular formula is C18H23N5O2. The lowest BCUT2D eigenvalue weighted by Crippen LogP contribution is -2.37. The Balaban J connectivity index is 1.50. The number of hydrogen-bond donors (Lipinski definition) is 2. The van der Waals surface area contributed by atoms with Gasteiger partial charge in [-0.15, -0.1) is 0 Å². The maximum Gasteiger partial charge on any atom is 0.153 e. The summed E-state index contributed by atoms with van der Waals surface area (Å²) in [6.45, 7) is 5.69. The molecule has 2 aromatic heterocycles. The zero-order valence-electron chi connectivity index (χ0n) is 14.4. The predicted molar refractivity (Wildman–Crippen MR) is 98.3 cm³/mol. The van der Waals surface area contributed by atoms with Gasteiger partial charge in [0, 0.05) is 19.6 Å². The van der Waals surface area contributed by atoms with Crippen molar-refractivity contribution in [2.45, 2.75) is 6.42 Å². The number of anilines is 1. The summed E-state index contributed by atoms with van der Waals surface area (Å²) in [7, 11) is 1.68. The number of aromatic amines is 1. The molecule has 3 heterocycles. The van der Waals surface area contributed by atoms with Crippen molar-refractivity contribution >= 4 is 27.8 Å². The lowest BCUT2D eigenvalue weighted by atomic mass is 10.2. The summed E-state index contributed by atoms with van der Waals surface area (Å²) in [5.41, 5.74) is 2.82. The fourth-order valence-electron chi connectivity index (χ4n) is 3.35. The lowest BCUT2D eigenvalue weighted by molar-refractivity contribution is 0.0378. The number of H-pyrrole nitrogens is 1. The third kappa shape index (κ3) is 3.25. The molecule has 0 saturated carbocycles. The van der Waals surface area contributed by atoms with Crippen LogP contribution >= 0.6 is 0 Å². The van der Waals surface area contributed by atoms with Crippen molar-refractivity contribution in [3.05, 3.63) is 24.5 Å². The third-order valence-corrected chi connectivity index (χ3v) is 4.64. The second-order valence-corrected chi connectivity index (χ2v) is 6.19. The molecule has 1 saturated heterocycles. The summed E-state index contributed by atoms with van der Waals surface area (Å²) in [6, 6.07) is 5.95. The minimum atomic E-state index is 0.820. The van der Waals surface area contributed by atoms with E-state index in [1.807, 2.05) is 18.2 Å². The van der Waals surface area contributed by atoms with E-state index in [4.69, 9.17) is 9.47 Å². The van der Waals surface area contributed by atoms with Gasteiger partial charge in [0.05, 0.1) is 31.2 Å². The molecule has 7 heteroatoms. The van der Waals surface area contributed by atoms with E-state index < -0.39 is 0 Å². The van der Waals surface area contributed by atoms with Crippen LogP contribution in [0.4, 0.5) is 5.82 Å². The van der Waals surface area contributed by atoms with Crippen LogP contribution in [0.1, 0.15) is 6.42 Å². The van der Waals surface area contributed by atoms with Crippen LogP contribution in [0.2, 0.25) is 0 Å². The van der Waals surface area contributed by atoms with Crippen LogP contribution in [0.15, 0.2) is 24.5 Å². The second-order valence-electron chi connectivity index (χ2n) is 6.19. The maximum atomic E-state index is 5.48. The Morgan fingerprint density at radius 1 is 1.28 bits per heavy atom. The quantitative estimate of drug-likeness (QED) is 0.670. The maximum absolute atomic E-state index is 5.48. The number of nitrogens with one attached hydrogen (secondary N) is 2. The van der Waals surface area contributed by atoms with Gasteiger partial charge in [-0.1, -0.05) is 6.07 Å². The van der Waals surface area contributed by atoms with Crippen LogP contribution in [-0.4, -0.2) is 66.4 Å². The van der Waals surface area contributed by atoms with Crippen LogP contribution in [0.5, 0.6) is 5.75 Å². The largest absolute Gasteiger partial charge is 0.496 e. The molecule has 0 spiro atoms. The SMILES string of the molecule is COc1cccc2[nH]c3c(NCCCN4CCOCC4)ncnc3c12. The fraction of sp³-hybridized carbons (Fsp3) is 0.444. The van der Waals surface area contributed by atoms with Gasteiger partial charge in [-0.2, -0.15) is 0 Å². The van der Waals surface area contributed by atoms with Crippen LogP contribution in [0.25, 0.3) is 21.9 Å². The molecule has 4 rings (SSSR count). The van der Waals surface area contributed by atoms with Gasteiger partial charge >= 0.3 is 0 Å². The van der Waals surface area contributed by atoms with E-state index in [9.17, 15) is 0 Å². The van der Waals surface area contributed by atoms with Crippen LogP contribution in [0, 0.1) is 0 Å². The minimum Gasteiger partial charge on any atom is -0.496 e. The summed E-state index contributed by atoms with van der Waals surface area (Å²) >= 11 is 0.